The quantitative estimate of drug-likeness (QED) is 0.112. The number of benzene rings is 1. The Morgan fingerprint density at radius 2 is 1.51 bits per heavy atom. The zero-order valence-electron chi connectivity index (χ0n) is 42.7. The minimum atomic E-state index is -1.79. The number of piperidine rings is 1. The Morgan fingerprint density at radius 1 is 0.859 bits per heavy atom. The molecule has 394 valence electrons. The standard InChI is InChI=1S/C49H75N9O13/c1-25(2)22-34-43(63)52-33-18-20-39(61)58(47(33)67)37(23-26(3)4)48(68)56(9)36(24-30-13-15-31(70-10)16-14-30)45(65)54-40(27(5)6)49(69)71-28(7)41(46(66)53-34)55-42(62)32(17-19-38(50)60)51-44(64)35-12-11-21-57(35)29(8)59/h13-16,25-28,32-37,39-41,61H,11-12,17-24H2,1-10H3,(H2,50,60)(H,51,64)(H,52,63)(H,53,66)(H,54,65)(H,55,62). The topological polar surface area (TPSA) is 305 Å². The van der Waals surface area contributed by atoms with Crippen molar-refractivity contribution in [1.29, 1.82) is 0 Å². The number of nitrogens with zero attached hydrogens (tertiary/aromatic N) is 3. The van der Waals surface area contributed by atoms with Crippen molar-refractivity contribution in [2.45, 2.75) is 174 Å². The molecule has 10 atom stereocenters. The van der Waals surface area contributed by atoms with Crippen molar-refractivity contribution in [3.05, 3.63) is 29.8 Å². The van der Waals surface area contributed by atoms with Crippen LogP contribution in [0.25, 0.3) is 0 Å². The van der Waals surface area contributed by atoms with Crippen LogP contribution >= 0.6 is 0 Å². The van der Waals surface area contributed by atoms with E-state index in [1.165, 1.54) is 37.8 Å². The second-order valence-corrected chi connectivity index (χ2v) is 20.0. The minimum Gasteiger partial charge on any atom is -0.497 e. The summed E-state index contributed by atoms with van der Waals surface area (Å²) in [5.41, 5.74) is 6.04. The van der Waals surface area contributed by atoms with Crippen LogP contribution in [0.1, 0.15) is 112 Å². The number of nitrogens with two attached hydrogens (primary N) is 1. The number of esters is 1. The van der Waals surface area contributed by atoms with Crippen molar-refractivity contribution in [3.63, 3.8) is 0 Å². The predicted molar refractivity (Wildman–Crippen MR) is 257 cm³/mol. The summed E-state index contributed by atoms with van der Waals surface area (Å²) in [5, 5.41) is 24.7. The number of carbonyl (C=O) groups is 10. The Balaban J connectivity index is 1.84. The van der Waals surface area contributed by atoms with Gasteiger partial charge in [0, 0.05) is 33.4 Å². The number of hydrogen-bond acceptors (Lipinski definition) is 13. The van der Waals surface area contributed by atoms with E-state index < -0.39 is 120 Å². The van der Waals surface area contributed by atoms with Crippen LogP contribution < -0.4 is 37.1 Å². The van der Waals surface area contributed by atoms with Crippen LogP contribution in [-0.4, -0.2) is 160 Å². The predicted octanol–water partition coefficient (Wildman–Crippen LogP) is -0.232. The van der Waals surface area contributed by atoms with E-state index in [2.05, 4.69) is 26.6 Å². The first-order valence-corrected chi connectivity index (χ1v) is 24.5. The first-order valence-electron chi connectivity index (χ1n) is 24.5. The molecule has 1 aromatic carbocycles. The molecule has 9 amide bonds. The molecule has 4 rings (SSSR count). The highest BCUT2D eigenvalue weighted by Gasteiger charge is 2.46. The molecular formula is C49H75N9O13. The smallest absolute Gasteiger partial charge is 0.329 e. The summed E-state index contributed by atoms with van der Waals surface area (Å²) in [6, 6.07) is -4.10. The summed E-state index contributed by atoms with van der Waals surface area (Å²) in [5.74, 6) is -8.50. The molecule has 22 nitrogen and oxygen atoms in total. The maximum absolute atomic E-state index is 14.9. The summed E-state index contributed by atoms with van der Waals surface area (Å²) in [4.78, 5) is 143. The zero-order valence-corrected chi connectivity index (χ0v) is 42.7. The number of methoxy groups -OCH3 is 1. The molecule has 0 aliphatic carbocycles. The number of amides is 9. The monoisotopic (exact) mass is 998 g/mol. The maximum atomic E-state index is 14.9. The number of likely N-dealkylation sites (tertiary alicyclic amines) is 1. The summed E-state index contributed by atoms with van der Waals surface area (Å²) < 4.78 is 11.2. The normalized spacial score (nSPS) is 26.7. The number of hydrogen-bond donors (Lipinski definition) is 7. The molecule has 1 aromatic rings. The highest BCUT2D eigenvalue weighted by Crippen LogP contribution is 2.27. The minimum absolute atomic E-state index is 0.0152. The third-order valence-corrected chi connectivity index (χ3v) is 13.1. The summed E-state index contributed by atoms with van der Waals surface area (Å²) >= 11 is 0. The molecule has 0 radical (unpaired) electrons. The van der Waals surface area contributed by atoms with Crippen LogP contribution in [0.2, 0.25) is 0 Å². The molecule has 3 aliphatic heterocycles. The number of fused-ring (bicyclic) bond motifs is 2. The van der Waals surface area contributed by atoms with Crippen LogP contribution in [0.15, 0.2) is 24.3 Å². The Labute approximate surface area is 415 Å². The number of rotatable bonds is 15. The van der Waals surface area contributed by atoms with Gasteiger partial charge in [-0.2, -0.15) is 0 Å². The van der Waals surface area contributed by atoms with Gasteiger partial charge in [0.15, 0.2) is 0 Å². The Kier molecular flexibility index (Phi) is 20.7. The molecule has 3 saturated heterocycles. The SMILES string of the molecule is COc1ccc(CC2C(=O)NC(C(C)C)C(=O)OC(C)C(NC(=O)C(CCC(N)=O)NC(=O)C3CCCN3C(C)=O)C(=O)NC(CC(C)C)C(=O)NC3CCC(O)N(C3=O)C(CC(C)C)C(=O)N2C)cc1. The lowest BCUT2D eigenvalue weighted by molar-refractivity contribution is -0.166. The summed E-state index contributed by atoms with van der Waals surface area (Å²) in [6.45, 7) is 13.4. The van der Waals surface area contributed by atoms with Crippen molar-refractivity contribution >= 4 is 59.1 Å². The highest BCUT2D eigenvalue weighted by atomic mass is 16.5. The van der Waals surface area contributed by atoms with Crippen LogP contribution in [0.4, 0.5) is 0 Å². The average Bonchev–Trinajstić information content (AvgIpc) is 3.81. The van der Waals surface area contributed by atoms with Crippen LogP contribution in [0.5, 0.6) is 5.75 Å². The number of nitrogens with one attached hydrogen (secondary N) is 5. The van der Waals surface area contributed by atoms with E-state index in [9.17, 15) is 53.1 Å². The van der Waals surface area contributed by atoms with Crippen molar-refractivity contribution < 1.29 is 62.5 Å². The second kappa shape index (κ2) is 25.7. The Bertz CT molecular complexity index is 2120. The first-order chi connectivity index (χ1) is 33.3. The summed E-state index contributed by atoms with van der Waals surface area (Å²) in [6.07, 6.45) is -2.93. The molecule has 3 heterocycles. The molecule has 0 aromatic heterocycles. The number of ether oxygens (including phenoxy) is 2. The third-order valence-electron chi connectivity index (χ3n) is 13.1. The lowest BCUT2D eigenvalue weighted by atomic mass is 9.94. The molecule has 10 unspecified atom stereocenters. The zero-order chi connectivity index (χ0) is 53.0. The number of aliphatic hydroxyl groups excluding tert-OH is 1. The van der Waals surface area contributed by atoms with Crippen LogP contribution in [0, 0.1) is 17.8 Å². The molecule has 3 aliphatic rings. The average molecular weight is 998 g/mol. The Morgan fingerprint density at radius 3 is 2.08 bits per heavy atom. The van der Waals surface area contributed by atoms with Crippen molar-refractivity contribution in [1.82, 2.24) is 41.3 Å². The number of cyclic esters (lactones) is 1. The van der Waals surface area contributed by atoms with Gasteiger partial charge in [-0.15, -0.1) is 0 Å². The van der Waals surface area contributed by atoms with Gasteiger partial charge in [0.05, 0.1) is 7.11 Å². The van der Waals surface area contributed by atoms with E-state index >= 15 is 0 Å². The van der Waals surface area contributed by atoms with Gasteiger partial charge >= 0.3 is 5.97 Å². The molecular weight excluding hydrogens is 923 g/mol. The van der Waals surface area contributed by atoms with Gasteiger partial charge in [0.1, 0.15) is 66.4 Å². The molecule has 0 spiro atoms. The van der Waals surface area contributed by atoms with Crippen LogP contribution in [0.3, 0.4) is 0 Å². The van der Waals surface area contributed by atoms with E-state index in [0.29, 0.717) is 30.7 Å². The fraction of sp³-hybridized carbons (Fsp3) is 0.673. The van der Waals surface area contributed by atoms with Gasteiger partial charge in [-0.25, -0.2) is 4.79 Å². The molecule has 2 bridgehead atoms. The lowest BCUT2D eigenvalue weighted by Crippen LogP contribution is -2.65. The van der Waals surface area contributed by atoms with E-state index in [0.717, 1.165) is 4.90 Å². The van der Waals surface area contributed by atoms with Crippen LogP contribution in [-0.2, 0) is 59.1 Å². The molecule has 3 fully saturated rings. The summed E-state index contributed by atoms with van der Waals surface area (Å²) in [7, 11) is 2.89. The van der Waals surface area contributed by atoms with E-state index in [-0.39, 0.29) is 62.7 Å². The highest BCUT2D eigenvalue weighted by molar-refractivity contribution is 5.99. The van der Waals surface area contributed by atoms with E-state index in [1.54, 1.807) is 52.0 Å². The Hall–Kier alpha value is -6.32. The van der Waals surface area contributed by atoms with Gasteiger partial charge in [-0.3, -0.25) is 43.2 Å². The number of aliphatic hydroxyl groups is 1. The van der Waals surface area contributed by atoms with Crippen molar-refractivity contribution in [3.8, 4) is 5.75 Å². The molecule has 0 saturated carbocycles. The van der Waals surface area contributed by atoms with E-state index in [1.807, 2.05) is 13.8 Å². The van der Waals surface area contributed by atoms with Gasteiger partial charge in [-0.1, -0.05) is 53.7 Å². The van der Waals surface area contributed by atoms with Gasteiger partial charge < -0.3 is 61.6 Å². The second-order valence-electron chi connectivity index (χ2n) is 20.0. The number of likely N-dealkylation sites (N-methyl/N-ethyl adjacent to an activating group) is 1. The maximum Gasteiger partial charge on any atom is 0.329 e. The third kappa shape index (κ3) is 15.3. The van der Waals surface area contributed by atoms with Crippen molar-refractivity contribution in [2.75, 3.05) is 20.7 Å². The van der Waals surface area contributed by atoms with E-state index in [4.69, 9.17) is 15.2 Å². The number of carbonyl (C=O) groups excluding carboxylic acids is 10. The lowest BCUT2D eigenvalue weighted by Gasteiger charge is -2.43. The first kappa shape index (κ1) is 57.3. The van der Waals surface area contributed by atoms with Gasteiger partial charge in [-0.05, 0) is 87.3 Å². The van der Waals surface area contributed by atoms with Gasteiger partial charge in [0.25, 0.3) is 0 Å². The van der Waals surface area contributed by atoms with Crippen molar-refractivity contribution in [2.24, 2.45) is 23.5 Å². The molecule has 22 heteroatoms. The fourth-order valence-electron chi connectivity index (χ4n) is 9.16. The molecule has 71 heavy (non-hydrogen) atoms. The number of primary amides is 1. The van der Waals surface area contributed by atoms with Gasteiger partial charge in [0.2, 0.25) is 53.2 Å². The molecule has 8 N–H and O–H groups in total. The largest absolute Gasteiger partial charge is 0.497 e. The fourth-order valence-corrected chi connectivity index (χ4v) is 9.16.